The monoisotopic (exact) mass is 377 g/mol. The fourth-order valence-corrected chi connectivity index (χ4v) is 3.20. The lowest BCUT2D eigenvalue weighted by atomic mass is 9.89. The van der Waals surface area contributed by atoms with E-state index in [2.05, 4.69) is 20.6 Å². The van der Waals surface area contributed by atoms with E-state index in [4.69, 9.17) is 4.74 Å². The molecule has 1 fully saturated rings. The first kappa shape index (κ1) is 17.7. The van der Waals surface area contributed by atoms with Crippen LogP contribution in [0.15, 0.2) is 24.4 Å². The van der Waals surface area contributed by atoms with Crippen LogP contribution < -0.4 is 20.3 Å². The minimum atomic E-state index is -0.916. The highest BCUT2D eigenvalue weighted by Gasteiger charge is 2.33. The zero-order valence-corrected chi connectivity index (χ0v) is 15.0. The van der Waals surface area contributed by atoms with Gasteiger partial charge in [-0.15, -0.1) is 0 Å². The smallest absolute Gasteiger partial charge is 0.224 e. The van der Waals surface area contributed by atoms with E-state index >= 15 is 0 Å². The lowest BCUT2D eigenvalue weighted by Crippen LogP contribution is -2.48. The van der Waals surface area contributed by atoms with Crippen molar-refractivity contribution in [3.05, 3.63) is 36.0 Å². The van der Waals surface area contributed by atoms with Gasteiger partial charge in [-0.3, -0.25) is 0 Å². The normalized spacial score (nSPS) is 26.6. The minimum Gasteiger partial charge on any atom is -0.490 e. The Morgan fingerprint density at radius 1 is 1.30 bits per heavy atom. The summed E-state index contributed by atoms with van der Waals surface area (Å²) in [5.74, 6) is -0.258. The number of aliphatic hydroxyl groups excluding tert-OH is 1. The van der Waals surface area contributed by atoms with E-state index in [0.717, 1.165) is 18.0 Å². The van der Waals surface area contributed by atoms with E-state index in [-0.39, 0.29) is 18.2 Å². The third-order valence-corrected chi connectivity index (χ3v) is 5.10. The third kappa shape index (κ3) is 3.46. The molecule has 0 amide bonds. The Labute approximate surface area is 155 Å². The minimum absolute atomic E-state index is 0.0653. The predicted molar refractivity (Wildman–Crippen MR) is 96.9 cm³/mol. The number of hydrogen-bond acceptors (Lipinski definition) is 7. The average molecular weight is 377 g/mol. The molecule has 1 saturated carbocycles. The van der Waals surface area contributed by atoms with Crippen molar-refractivity contribution in [1.82, 2.24) is 9.97 Å². The van der Waals surface area contributed by atoms with Crippen molar-refractivity contribution in [2.24, 2.45) is 0 Å². The van der Waals surface area contributed by atoms with Gasteiger partial charge in [0.15, 0.2) is 17.5 Å². The summed E-state index contributed by atoms with van der Waals surface area (Å²) in [6, 6.07) is 3.56. The van der Waals surface area contributed by atoms with Crippen LogP contribution in [-0.2, 0) is 0 Å². The molecule has 0 bridgehead atoms. The molecule has 1 aliphatic heterocycles. The maximum Gasteiger partial charge on any atom is 0.224 e. The largest absolute Gasteiger partial charge is 0.490 e. The average Bonchev–Trinajstić information content (AvgIpc) is 2.61. The Kier molecular flexibility index (Phi) is 4.47. The van der Waals surface area contributed by atoms with Crippen molar-refractivity contribution in [1.29, 1.82) is 0 Å². The van der Waals surface area contributed by atoms with Gasteiger partial charge in [-0.25, -0.2) is 13.8 Å². The molecule has 1 aromatic carbocycles. The zero-order valence-electron chi connectivity index (χ0n) is 15.0. The topological polar surface area (TPSA) is 82.5 Å². The molecular weight excluding hydrogens is 356 g/mol. The van der Waals surface area contributed by atoms with E-state index < -0.39 is 17.9 Å². The highest BCUT2D eigenvalue weighted by molar-refractivity contribution is 5.69. The first-order valence-electron chi connectivity index (χ1n) is 8.83. The standard InChI is InChI=1S/C18H21F2N5O2/c1-9-17(26)23-15-8-21-18(24-16(15)25(9)2)22-10-5-12(6-10)27-11-3-4-13(19)14(20)7-11/h3-4,7-10,12,17,23,26H,5-6H2,1-2H3,(H,21,22,24)/t9-,10-,12-,17?/m0/s1. The molecule has 2 heterocycles. The molecule has 7 nitrogen and oxygen atoms in total. The molecule has 4 rings (SSSR count). The molecule has 2 aromatic rings. The summed E-state index contributed by atoms with van der Waals surface area (Å²) in [6.45, 7) is 1.90. The van der Waals surface area contributed by atoms with E-state index in [1.807, 2.05) is 18.9 Å². The van der Waals surface area contributed by atoms with Crippen molar-refractivity contribution in [2.75, 3.05) is 22.6 Å². The number of nitrogens with zero attached hydrogens (tertiary/aromatic N) is 3. The van der Waals surface area contributed by atoms with E-state index in [9.17, 15) is 13.9 Å². The van der Waals surface area contributed by atoms with Gasteiger partial charge in [0.2, 0.25) is 5.95 Å². The van der Waals surface area contributed by atoms with Crippen LogP contribution >= 0.6 is 0 Å². The van der Waals surface area contributed by atoms with Gasteiger partial charge in [0.25, 0.3) is 0 Å². The van der Waals surface area contributed by atoms with Crippen LogP contribution in [0, 0.1) is 11.6 Å². The highest BCUT2D eigenvalue weighted by Crippen LogP contribution is 2.32. The molecule has 144 valence electrons. The lowest BCUT2D eigenvalue weighted by Gasteiger charge is -2.38. The Morgan fingerprint density at radius 2 is 2.07 bits per heavy atom. The molecule has 1 aliphatic carbocycles. The number of aliphatic hydroxyl groups is 1. The summed E-state index contributed by atoms with van der Waals surface area (Å²) < 4.78 is 31.8. The number of hydrogen-bond donors (Lipinski definition) is 3. The number of halogens is 2. The van der Waals surface area contributed by atoms with Crippen molar-refractivity contribution in [2.45, 2.75) is 44.2 Å². The molecule has 0 spiro atoms. The second kappa shape index (κ2) is 6.80. The Morgan fingerprint density at radius 3 is 2.81 bits per heavy atom. The van der Waals surface area contributed by atoms with E-state index in [0.29, 0.717) is 30.2 Å². The van der Waals surface area contributed by atoms with Gasteiger partial charge in [0.1, 0.15) is 18.1 Å². The van der Waals surface area contributed by atoms with E-state index in [1.54, 1.807) is 6.20 Å². The summed E-state index contributed by atoms with van der Waals surface area (Å²) in [7, 11) is 1.87. The maximum absolute atomic E-state index is 13.2. The maximum atomic E-state index is 13.2. The van der Waals surface area contributed by atoms with Crippen LogP contribution in [0.25, 0.3) is 0 Å². The van der Waals surface area contributed by atoms with Crippen molar-refractivity contribution in [3.63, 3.8) is 0 Å². The number of ether oxygens (including phenoxy) is 1. The van der Waals surface area contributed by atoms with Gasteiger partial charge in [0.05, 0.1) is 17.9 Å². The van der Waals surface area contributed by atoms with Crippen LogP contribution in [0.3, 0.4) is 0 Å². The number of likely N-dealkylation sites (N-methyl/N-ethyl adjacent to an activating group) is 1. The molecule has 1 unspecified atom stereocenters. The lowest BCUT2D eigenvalue weighted by molar-refractivity contribution is 0.107. The Hall–Kier alpha value is -2.68. The molecule has 3 N–H and O–H groups in total. The molecule has 27 heavy (non-hydrogen) atoms. The number of fused-ring (bicyclic) bond motifs is 1. The summed E-state index contributed by atoms with van der Waals surface area (Å²) in [6.07, 6.45) is 2.32. The van der Waals surface area contributed by atoms with Crippen LogP contribution in [0.4, 0.5) is 26.2 Å². The number of benzene rings is 1. The molecule has 1 aromatic heterocycles. The second-order valence-electron chi connectivity index (χ2n) is 7.00. The van der Waals surface area contributed by atoms with Crippen molar-refractivity contribution < 1.29 is 18.6 Å². The summed E-state index contributed by atoms with van der Waals surface area (Å²) >= 11 is 0. The van der Waals surface area contributed by atoms with E-state index in [1.165, 1.54) is 6.07 Å². The third-order valence-electron chi connectivity index (χ3n) is 5.10. The van der Waals surface area contributed by atoms with Gasteiger partial charge in [-0.05, 0) is 19.1 Å². The Balaban J connectivity index is 1.34. The molecule has 0 saturated heterocycles. The van der Waals surface area contributed by atoms with Crippen molar-refractivity contribution >= 4 is 17.5 Å². The fourth-order valence-electron chi connectivity index (χ4n) is 3.20. The summed E-state index contributed by atoms with van der Waals surface area (Å²) in [5, 5.41) is 16.2. The van der Waals surface area contributed by atoms with Gasteiger partial charge in [0, 0.05) is 32.0 Å². The van der Waals surface area contributed by atoms with Gasteiger partial charge < -0.3 is 25.4 Å². The molecule has 0 radical (unpaired) electrons. The van der Waals surface area contributed by atoms with Crippen LogP contribution in [-0.4, -0.2) is 46.5 Å². The SMILES string of the molecule is C[C@H]1C(O)Nc2cnc(N[C@H]3C[C@H](Oc4ccc(F)c(F)c4)C3)nc2N1C. The number of aromatic nitrogens is 2. The first-order valence-corrected chi connectivity index (χ1v) is 8.83. The van der Waals surface area contributed by atoms with Gasteiger partial charge in [-0.2, -0.15) is 4.98 Å². The number of rotatable bonds is 4. The number of nitrogens with one attached hydrogen (secondary N) is 2. The summed E-state index contributed by atoms with van der Waals surface area (Å²) in [5.41, 5.74) is 0.682. The molecular formula is C18H21F2N5O2. The zero-order chi connectivity index (χ0) is 19.1. The summed E-state index contributed by atoms with van der Waals surface area (Å²) in [4.78, 5) is 10.7. The predicted octanol–water partition coefficient (Wildman–Crippen LogP) is 2.35. The van der Waals surface area contributed by atoms with Gasteiger partial charge >= 0.3 is 0 Å². The first-order chi connectivity index (χ1) is 12.9. The number of anilines is 3. The molecule has 9 heteroatoms. The van der Waals surface area contributed by atoms with Crippen LogP contribution in [0.5, 0.6) is 5.75 Å². The molecule has 2 atom stereocenters. The quantitative estimate of drug-likeness (QED) is 0.754. The highest BCUT2D eigenvalue weighted by atomic mass is 19.2. The second-order valence-corrected chi connectivity index (χ2v) is 7.00. The fraction of sp³-hybridized carbons (Fsp3) is 0.444. The van der Waals surface area contributed by atoms with Gasteiger partial charge in [-0.1, -0.05) is 0 Å². The van der Waals surface area contributed by atoms with Crippen molar-refractivity contribution in [3.8, 4) is 5.75 Å². The van der Waals surface area contributed by atoms with Crippen LogP contribution in [0.1, 0.15) is 19.8 Å². The Bertz CT molecular complexity index is 846. The van der Waals surface area contributed by atoms with Crippen LogP contribution in [0.2, 0.25) is 0 Å². The molecule has 2 aliphatic rings.